The number of hydrogen-bond acceptors (Lipinski definition) is 4. The van der Waals surface area contributed by atoms with Crippen LogP contribution >= 0.6 is 0 Å². The molecule has 0 saturated carbocycles. The number of hydrogen-bond donors (Lipinski definition) is 3. The summed E-state index contributed by atoms with van der Waals surface area (Å²) in [6.45, 7) is -0.519. The third-order valence-electron chi connectivity index (χ3n) is 0.969. The first kappa shape index (κ1) is 8.55. The minimum Gasteiger partial charge on any atom is -0.394 e. The Labute approximate surface area is 52.7 Å². The second-order valence-electron chi connectivity index (χ2n) is 1.72. The average Bonchev–Trinajstić information content (AvgIpc) is 1.87. The molecule has 0 radical (unpaired) electrons. The van der Waals surface area contributed by atoms with Gasteiger partial charge in [0.05, 0.1) is 12.7 Å². The van der Waals surface area contributed by atoms with Gasteiger partial charge in [-0.2, -0.15) is 0 Å². The third kappa shape index (κ3) is 3.18. The molecule has 0 spiro atoms. The van der Waals surface area contributed by atoms with Crippen molar-refractivity contribution in [2.75, 3.05) is 6.61 Å². The molecule has 0 aliphatic carbocycles. The van der Waals surface area contributed by atoms with E-state index in [0.717, 1.165) is 0 Å². The van der Waals surface area contributed by atoms with Crippen LogP contribution in [0.25, 0.3) is 0 Å². The van der Waals surface area contributed by atoms with Crippen LogP contribution in [-0.4, -0.2) is 40.4 Å². The van der Waals surface area contributed by atoms with Crippen molar-refractivity contribution in [1.82, 2.24) is 0 Å². The maximum Gasteiger partial charge on any atom is 0.122 e. The summed E-state index contributed by atoms with van der Waals surface area (Å²) in [7, 11) is 0. The van der Waals surface area contributed by atoms with E-state index in [1.165, 1.54) is 0 Å². The van der Waals surface area contributed by atoms with Gasteiger partial charge in [-0.25, -0.2) is 0 Å². The molecular weight excluding hydrogens is 126 g/mol. The molecule has 0 amide bonds. The maximum atomic E-state index is 9.68. The van der Waals surface area contributed by atoms with Crippen LogP contribution in [0.5, 0.6) is 0 Å². The Balaban J connectivity index is 3.44. The molecule has 3 N–H and O–H groups in total. The first-order chi connectivity index (χ1) is 4.22. The van der Waals surface area contributed by atoms with Gasteiger partial charge in [0, 0.05) is 6.42 Å². The molecule has 4 heteroatoms. The van der Waals surface area contributed by atoms with Gasteiger partial charge in [0.25, 0.3) is 0 Å². The molecular formula is C5H10O4. The van der Waals surface area contributed by atoms with Crippen LogP contribution in [0.15, 0.2) is 0 Å². The molecule has 0 rings (SSSR count). The van der Waals surface area contributed by atoms with Crippen molar-refractivity contribution in [3.63, 3.8) is 0 Å². The molecule has 0 saturated heterocycles. The summed E-state index contributed by atoms with van der Waals surface area (Å²) in [5.74, 6) is 0. The fourth-order valence-corrected chi connectivity index (χ4v) is 0.377. The Morgan fingerprint density at radius 1 is 1.33 bits per heavy atom. The first-order valence-electron chi connectivity index (χ1n) is 2.63. The number of aldehydes is 1. The van der Waals surface area contributed by atoms with Crippen LogP contribution < -0.4 is 0 Å². The molecule has 0 fully saturated rings. The lowest BCUT2D eigenvalue weighted by atomic mass is 10.3. The molecule has 4 nitrogen and oxygen atoms in total. The highest BCUT2D eigenvalue weighted by Crippen LogP contribution is 1.94. The third-order valence-corrected chi connectivity index (χ3v) is 0.969. The van der Waals surface area contributed by atoms with Gasteiger partial charge in [-0.05, 0) is 0 Å². The van der Waals surface area contributed by atoms with Crippen molar-refractivity contribution in [1.29, 1.82) is 0 Å². The van der Waals surface area contributed by atoms with E-state index in [4.69, 9.17) is 15.3 Å². The van der Waals surface area contributed by atoms with Gasteiger partial charge >= 0.3 is 0 Å². The number of carbonyl (C=O) groups is 1. The van der Waals surface area contributed by atoms with Gasteiger partial charge in [-0.1, -0.05) is 0 Å². The Hall–Kier alpha value is -0.450. The number of carbonyl (C=O) groups excluding carboxylic acids is 1. The van der Waals surface area contributed by atoms with Crippen molar-refractivity contribution in [2.24, 2.45) is 0 Å². The Bertz CT molecular complexity index is 83.0. The molecule has 0 aromatic carbocycles. The van der Waals surface area contributed by atoms with E-state index in [2.05, 4.69) is 0 Å². The molecule has 0 aliphatic rings. The Morgan fingerprint density at radius 2 is 1.89 bits per heavy atom. The predicted octanol–water partition coefficient (Wildman–Crippen LogP) is -1.71. The molecule has 0 heterocycles. The molecule has 54 valence electrons. The molecule has 0 unspecified atom stereocenters. The summed E-state index contributed by atoms with van der Waals surface area (Å²) in [5, 5.41) is 25.5. The average molecular weight is 136 g/mol. The minimum absolute atomic E-state index is 0.137. The zero-order valence-corrected chi connectivity index (χ0v) is 4.90. The van der Waals surface area contributed by atoms with E-state index >= 15 is 0 Å². The van der Waals surface area contributed by atoms with Gasteiger partial charge in [0.2, 0.25) is 0 Å². The smallest absolute Gasteiger partial charge is 0.122 e. The standard InChI is InChI=1S/C5H10O4/c6-2-1-4(8)5(9)3-7/h2,4-5,7-9H,1,3H2/t4-,5+/m0/s1/i1+1,2+1. The maximum absolute atomic E-state index is 9.68. The largest absolute Gasteiger partial charge is 0.394 e. The van der Waals surface area contributed by atoms with Crippen molar-refractivity contribution < 1.29 is 20.1 Å². The predicted molar refractivity (Wildman–Crippen MR) is 29.8 cm³/mol. The summed E-state index contributed by atoms with van der Waals surface area (Å²) in [6, 6.07) is 0. The van der Waals surface area contributed by atoms with Gasteiger partial charge in [0.15, 0.2) is 0 Å². The second kappa shape index (κ2) is 4.43. The van der Waals surface area contributed by atoms with Gasteiger partial charge in [-0.15, -0.1) is 0 Å². The molecule has 0 aromatic rings. The topological polar surface area (TPSA) is 77.8 Å². The van der Waals surface area contributed by atoms with Crippen LogP contribution in [0.3, 0.4) is 0 Å². The van der Waals surface area contributed by atoms with E-state index in [0.29, 0.717) is 6.29 Å². The van der Waals surface area contributed by atoms with Gasteiger partial charge < -0.3 is 20.1 Å². The molecule has 0 aromatic heterocycles. The highest BCUT2D eigenvalue weighted by molar-refractivity contribution is 5.50. The molecule has 9 heavy (non-hydrogen) atoms. The zero-order chi connectivity index (χ0) is 7.28. The van der Waals surface area contributed by atoms with Crippen molar-refractivity contribution >= 4 is 6.29 Å². The normalized spacial score (nSPS) is 16.8. The van der Waals surface area contributed by atoms with Crippen LogP contribution in [0.4, 0.5) is 0 Å². The number of aliphatic hydroxyl groups excluding tert-OH is 3. The van der Waals surface area contributed by atoms with Crippen molar-refractivity contribution in [3.05, 3.63) is 0 Å². The van der Waals surface area contributed by atoms with Crippen LogP contribution in [-0.2, 0) is 4.79 Å². The lowest BCUT2D eigenvalue weighted by Gasteiger charge is -2.11. The summed E-state index contributed by atoms with van der Waals surface area (Å²) < 4.78 is 0. The Morgan fingerprint density at radius 3 is 2.22 bits per heavy atom. The fourth-order valence-electron chi connectivity index (χ4n) is 0.377. The highest BCUT2D eigenvalue weighted by atomic mass is 16.4. The lowest BCUT2D eigenvalue weighted by Crippen LogP contribution is -2.29. The number of aliphatic hydroxyl groups is 3. The Kier molecular flexibility index (Phi) is 4.21. The van der Waals surface area contributed by atoms with E-state index in [9.17, 15) is 4.79 Å². The monoisotopic (exact) mass is 136 g/mol. The van der Waals surface area contributed by atoms with E-state index in [1.807, 2.05) is 0 Å². The summed E-state index contributed by atoms with van der Waals surface area (Å²) in [4.78, 5) is 9.68. The van der Waals surface area contributed by atoms with Crippen molar-refractivity contribution in [2.45, 2.75) is 18.6 Å². The summed E-state index contributed by atoms with van der Waals surface area (Å²) >= 11 is 0. The van der Waals surface area contributed by atoms with E-state index < -0.39 is 18.8 Å². The van der Waals surface area contributed by atoms with E-state index in [1.54, 1.807) is 0 Å². The zero-order valence-electron chi connectivity index (χ0n) is 4.90. The molecule has 2 atom stereocenters. The molecule has 0 bridgehead atoms. The van der Waals surface area contributed by atoms with Crippen LogP contribution in [0.1, 0.15) is 6.42 Å². The summed E-state index contributed by atoms with van der Waals surface area (Å²) in [6.07, 6.45) is -1.98. The van der Waals surface area contributed by atoms with Gasteiger partial charge in [-0.3, -0.25) is 0 Å². The summed E-state index contributed by atoms with van der Waals surface area (Å²) in [5.41, 5.74) is 0. The van der Waals surface area contributed by atoms with Crippen LogP contribution in [0, 0.1) is 0 Å². The number of rotatable bonds is 4. The van der Waals surface area contributed by atoms with Crippen LogP contribution in [0.2, 0.25) is 0 Å². The van der Waals surface area contributed by atoms with Gasteiger partial charge in [0.1, 0.15) is 12.4 Å². The second-order valence-corrected chi connectivity index (χ2v) is 1.72. The van der Waals surface area contributed by atoms with E-state index in [-0.39, 0.29) is 6.42 Å². The highest BCUT2D eigenvalue weighted by Gasteiger charge is 2.13. The minimum atomic E-state index is -1.20. The molecule has 0 aliphatic heterocycles. The van der Waals surface area contributed by atoms with Crippen molar-refractivity contribution in [3.8, 4) is 0 Å². The SMILES string of the molecule is O=[13CH][13CH2][C@H](O)[C@H](O)CO. The lowest BCUT2D eigenvalue weighted by molar-refractivity contribution is -0.111. The fraction of sp³-hybridized carbons (Fsp3) is 0.800. The quantitative estimate of drug-likeness (QED) is 0.317. The first-order valence-corrected chi connectivity index (χ1v) is 2.63.